The van der Waals surface area contributed by atoms with E-state index < -0.39 is 36.7 Å². The molecule has 0 saturated carbocycles. The van der Waals surface area contributed by atoms with Crippen molar-refractivity contribution in [3.05, 3.63) is 29.3 Å². The van der Waals surface area contributed by atoms with Gasteiger partial charge in [0.2, 0.25) is 6.29 Å². The molecule has 0 spiro atoms. The second kappa shape index (κ2) is 6.59. The molecule has 5 N–H and O–H groups in total. The SMILES string of the molecule is Cc1cc(CO)ccc1OC1OC(C(=O)O)C(O)C(O)C1O. The van der Waals surface area contributed by atoms with Gasteiger partial charge in [-0.1, -0.05) is 12.1 Å². The molecule has 0 radical (unpaired) electrons. The highest BCUT2D eigenvalue weighted by atomic mass is 16.7. The Morgan fingerprint density at radius 3 is 2.45 bits per heavy atom. The molecule has 1 aliphatic heterocycles. The van der Waals surface area contributed by atoms with E-state index in [1.54, 1.807) is 19.1 Å². The Bertz CT molecular complexity index is 546. The molecule has 1 heterocycles. The summed E-state index contributed by atoms with van der Waals surface area (Å²) in [6.07, 6.45) is -8.23. The van der Waals surface area contributed by atoms with Gasteiger partial charge in [-0.05, 0) is 24.1 Å². The van der Waals surface area contributed by atoms with Gasteiger partial charge in [0.15, 0.2) is 6.10 Å². The maximum atomic E-state index is 11.0. The van der Waals surface area contributed by atoms with Crippen LogP contribution in [0.3, 0.4) is 0 Å². The van der Waals surface area contributed by atoms with Crippen LogP contribution >= 0.6 is 0 Å². The summed E-state index contributed by atoms with van der Waals surface area (Å²) in [5.41, 5.74) is 1.30. The zero-order valence-electron chi connectivity index (χ0n) is 11.8. The van der Waals surface area contributed by atoms with Gasteiger partial charge < -0.3 is 35.0 Å². The maximum Gasteiger partial charge on any atom is 0.335 e. The first-order valence-electron chi connectivity index (χ1n) is 6.64. The number of carboxylic acids is 1. The molecule has 1 aromatic rings. The van der Waals surface area contributed by atoms with Crippen LogP contribution in [0.15, 0.2) is 18.2 Å². The maximum absolute atomic E-state index is 11.0. The zero-order valence-corrected chi connectivity index (χ0v) is 11.8. The van der Waals surface area contributed by atoms with E-state index in [4.69, 9.17) is 19.7 Å². The van der Waals surface area contributed by atoms with Gasteiger partial charge in [-0.3, -0.25) is 0 Å². The molecule has 0 bridgehead atoms. The first-order chi connectivity index (χ1) is 10.3. The summed E-state index contributed by atoms with van der Waals surface area (Å²) in [6, 6.07) is 4.78. The van der Waals surface area contributed by atoms with E-state index in [1.807, 2.05) is 0 Å². The third kappa shape index (κ3) is 3.21. The lowest BCUT2D eigenvalue weighted by atomic mass is 9.99. The molecule has 5 unspecified atom stereocenters. The van der Waals surface area contributed by atoms with Gasteiger partial charge in [-0.15, -0.1) is 0 Å². The zero-order chi connectivity index (χ0) is 16.4. The molecule has 0 aliphatic carbocycles. The normalized spacial score (nSPS) is 31.8. The predicted molar refractivity (Wildman–Crippen MR) is 72.0 cm³/mol. The van der Waals surface area contributed by atoms with Crippen LogP contribution in [0.5, 0.6) is 5.75 Å². The third-order valence-electron chi connectivity index (χ3n) is 3.48. The van der Waals surface area contributed by atoms with Gasteiger partial charge in [0.05, 0.1) is 6.61 Å². The molecule has 1 aromatic carbocycles. The van der Waals surface area contributed by atoms with E-state index >= 15 is 0 Å². The topological polar surface area (TPSA) is 137 Å². The quantitative estimate of drug-likeness (QED) is 0.465. The van der Waals surface area contributed by atoms with Crippen molar-refractivity contribution in [2.45, 2.75) is 44.2 Å². The summed E-state index contributed by atoms with van der Waals surface area (Å²) in [5, 5.41) is 47.2. The van der Waals surface area contributed by atoms with Crippen LogP contribution in [-0.4, -0.2) is 62.2 Å². The summed E-state index contributed by atoms with van der Waals surface area (Å²) in [7, 11) is 0. The second-order valence-corrected chi connectivity index (χ2v) is 5.11. The predicted octanol–water partition coefficient (Wildman–Crippen LogP) is -1.24. The summed E-state index contributed by atoms with van der Waals surface area (Å²) in [4.78, 5) is 11.0. The van der Waals surface area contributed by atoms with Gasteiger partial charge >= 0.3 is 5.97 Å². The number of hydrogen-bond acceptors (Lipinski definition) is 7. The average Bonchev–Trinajstić information content (AvgIpc) is 2.49. The van der Waals surface area contributed by atoms with Crippen LogP contribution in [0.1, 0.15) is 11.1 Å². The lowest BCUT2D eigenvalue weighted by Crippen LogP contribution is -2.61. The summed E-state index contributed by atoms with van der Waals surface area (Å²) in [6.45, 7) is 1.55. The molecule has 0 aromatic heterocycles. The minimum Gasteiger partial charge on any atom is -0.479 e. The van der Waals surface area contributed by atoms with E-state index in [0.717, 1.165) is 0 Å². The van der Waals surface area contributed by atoms with Crippen LogP contribution in [0.25, 0.3) is 0 Å². The molecule has 22 heavy (non-hydrogen) atoms. The van der Waals surface area contributed by atoms with E-state index in [9.17, 15) is 20.1 Å². The number of aliphatic carboxylic acids is 1. The summed E-state index contributed by atoms with van der Waals surface area (Å²) < 4.78 is 10.4. The van der Waals surface area contributed by atoms with Crippen molar-refractivity contribution in [1.29, 1.82) is 0 Å². The summed E-state index contributed by atoms with van der Waals surface area (Å²) >= 11 is 0. The van der Waals surface area contributed by atoms with Crippen molar-refractivity contribution in [3.63, 3.8) is 0 Å². The Morgan fingerprint density at radius 1 is 1.23 bits per heavy atom. The van der Waals surface area contributed by atoms with E-state index in [0.29, 0.717) is 16.9 Å². The Morgan fingerprint density at radius 2 is 1.91 bits per heavy atom. The van der Waals surface area contributed by atoms with Crippen molar-refractivity contribution in [1.82, 2.24) is 0 Å². The Hall–Kier alpha value is -1.71. The molecule has 2 rings (SSSR count). The molecule has 5 atom stereocenters. The number of aliphatic hydroxyl groups excluding tert-OH is 4. The van der Waals surface area contributed by atoms with E-state index in [-0.39, 0.29) is 6.61 Å². The van der Waals surface area contributed by atoms with Gasteiger partial charge in [0.1, 0.15) is 24.1 Å². The Labute approximate surface area is 126 Å². The highest BCUT2D eigenvalue weighted by Gasteiger charge is 2.48. The molecular formula is C14H18O8. The van der Waals surface area contributed by atoms with Gasteiger partial charge in [-0.2, -0.15) is 0 Å². The van der Waals surface area contributed by atoms with E-state index in [1.165, 1.54) is 6.07 Å². The van der Waals surface area contributed by atoms with Gasteiger partial charge in [0.25, 0.3) is 0 Å². The summed E-state index contributed by atoms with van der Waals surface area (Å²) in [5.74, 6) is -1.17. The molecule has 8 nitrogen and oxygen atoms in total. The van der Waals surface area contributed by atoms with Crippen molar-refractivity contribution in [3.8, 4) is 5.75 Å². The fourth-order valence-electron chi connectivity index (χ4n) is 2.22. The molecule has 1 fully saturated rings. The number of benzene rings is 1. The molecule has 1 saturated heterocycles. The first kappa shape index (κ1) is 16.7. The largest absolute Gasteiger partial charge is 0.479 e. The Balaban J connectivity index is 2.19. The standard InChI is InChI=1S/C14H18O8/c1-6-4-7(5-15)2-3-8(6)21-14-11(18)9(16)10(17)12(22-14)13(19)20/h2-4,9-12,14-18H,5H2,1H3,(H,19,20). The molecule has 122 valence electrons. The van der Waals surface area contributed by atoms with Gasteiger partial charge in [-0.25, -0.2) is 4.79 Å². The van der Waals surface area contributed by atoms with Crippen LogP contribution in [0.4, 0.5) is 0 Å². The number of ether oxygens (including phenoxy) is 2. The number of aliphatic hydroxyl groups is 4. The van der Waals surface area contributed by atoms with Crippen LogP contribution < -0.4 is 4.74 Å². The van der Waals surface area contributed by atoms with Crippen molar-refractivity contribution in [2.24, 2.45) is 0 Å². The lowest BCUT2D eigenvalue weighted by molar-refractivity contribution is -0.271. The van der Waals surface area contributed by atoms with Crippen LogP contribution in [0, 0.1) is 6.92 Å². The fourth-order valence-corrected chi connectivity index (χ4v) is 2.22. The molecular weight excluding hydrogens is 296 g/mol. The number of hydrogen-bond donors (Lipinski definition) is 5. The molecule has 8 heteroatoms. The smallest absolute Gasteiger partial charge is 0.335 e. The highest BCUT2D eigenvalue weighted by Crippen LogP contribution is 2.27. The molecule has 1 aliphatic rings. The lowest BCUT2D eigenvalue weighted by Gasteiger charge is -2.38. The molecule has 0 amide bonds. The number of aryl methyl sites for hydroxylation is 1. The van der Waals surface area contributed by atoms with Gasteiger partial charge in [0, 0.05) is 0 Å². The minimum absolute atomic E-state index is 0.143. The average molecular weight is 314 g/mol. The van der Waals surface area contributed by atoms with E-state index in [2.05, 4.69) is 0 Å². The number of carbonyl (C=O) groups is 1. The highest BCUT2D eigenvalue weighted by molar-refractivity contribution is 5.73. The number of rotatable bonds is 4. The third-order valence-corrected chi connectivity index (χ3v) is 3.48. The second-order valence-electron chi connectivity index (χ2n) is 5.11. The van der Waals surface area contributed by atoms with Crippen LogP contribution in [0.2, 0.25) is 0 Å². The van der Waals surface area contributed by atoms with Crippen molar-refractivity contribution in [2.75, 3.05) is 0 Å². The first-order valence-corrected chi connectivity index (χ1v) is 6.64. The minimum atomic E-state index is -1.76. The number of carboxylic acid groups (broad SMARTS) is 1. The monoisotopic (exact) mass is 314 g/mol. The van der Waals surface area contributed by atoms with Crippen molar-refractivity contribution < 1.29 is 39.8 Å². The Kier molecular flexibility index (Phi) is 4.99. The fraction of sp³-hybridized carbons (Fsp3) is 0.500. The van der Waals surface area contributed by atoms with Crippen molar-refractivity contribution >= 4 is 5.97 Å². The van der Waals surface area contributed by atoms with Crippen LogP contribution in [-0.2, 0) is 16.1 Å².